The number of aryl methyl sites for hydroxylation is 1. The highest BCUT2D eigenvalue weighted by molar-refractivity contribution is 9.09. The molecule has 0 bridgehead atoms. The van der Waals surface area contributed by atoms with E-state index in [-0.39, 0.29) is 16.5 Å². The topological polar surface area (TPSA) is 0 Å². The molecule has 0 saturated carbocycles. The summed E-state index contributed by atoms with van der Waals surface area (Å²) >= 11 is 9.39. The minimum Gasteiger partial charge on any atom is -0.207 e. The average Bonchev–Trinajstić information content (AvgIpc) is 2.37. The number of hydrogen-bond donors (Lipinski definition) is 0. The lowest BCUT2D eigenvalue weighted by Gasteiger charge is -2.14. The van der Waals surface area contributed by atoms with E-state index in [4.69, 9.17) is 11.6 Å². The van der Waals surface area contributed by atoms with Crippen molar-refractivity contribution in [3.05, 3.63) is 69.7 Å². The molecule has 0 aliphatic rings. The van der Waals surface area contributed by atoms with Gasteiger partial charge in [0.1, 0.15) is 11.6 Å². The van der Waals surface area contributed by atoms with Gasteiger partial charge in [-0.05, 0) is 31.5 Å². The van der Waals surface area contributed by atoms with Crippen LogP contribution in [0, 0.1) is 18.6 Å². The third kappa shape index (κ3) is 3.34. The predicted molar refractivity (Wildman–Crippen MR) is 77.9 cm³/mol. The molecule has 0 aliphatic heterocycles. The van der Waals surface area contributed by atoms with Crippen molar-refractivity contribution in [2.75, 3.05) is 0 Å². The van der Waals surface area contributed by atoms with Gasteiger partial charge in [-0.15, -0.1) is 0 Å². The van der Waals surface area contributed by atoms with Crippen LogP contribution in [-0.4, -0.2) is 0 Å². The molecule has 0 N–H and O–H groups in total. The summed E-state index contributed by atoms with van der Waals surface area (Å²) in [4.78, 5) is -0.318. The Morgan fingerprint density at radius 3 is 2.58 bits per heavy atom. The zero-order chi connectivity index (χ0) is 14.0. The van der Waals surface area contributed by atoms with Gasteiger partial charge in [0.2, 0.25) is 0 Å². The van der Waals surface area contributed by atoms with Crippen molar-refractivity contribution in [3.63, 3.8) is 0 Å². The first-order chi connectivity index (χ1) is 8.99. The van der Waals surface area contributed by atoms with Gasteiger partial charge < -0.3 is 0 Å². The largest absolute Gasteiger partial charge is 0.207 e. The fourth-order valence-electron chi connectivity index (χ4n) is 1.92. The Hall–Kier alpha value is -0.930. The van der Waals surface area contributed by atoms with Crippen molar-refractivity contribution in [3.8, 4) is 0 Å². The van der Waals surface area contributed by atoms with Crippen LogP contribution in [0.1, 0.15) is 21.5 Å². The Labute approximate surface area is 124 Å². The summed E-state index contributed by atoms with van der Waals surface area (Å²) in [7, 11) is 0. The molecule has 0 spiro atoms. The van der Waals surface area contributed by atoms with E-state index in [0.29, 0.717) is 22.6 Å². The Morgan fingerprint density at radius 2 is 1.89 bits per heavy atom. The fourth-order valence-corrected chi connectivity index (χ4v) is 2.83. The SMILES string of the molecule is Cc1ccc(F)c(C(Br)Cc2c(F)cccc2Cl)c1. The van der Waals surface area contributed by atoms with E-state index in [2.05, 4.69) is 15.9 Å². The summed E-state index contributed by atoms with van der Waals surface area (Å²) in [5.41, 5.74) is 1.87. The molecule has 2 rings (SSSR count). The summed E-state index contributed by atoms with van der Waals surface area (Å²) in [5.74, 6) is -0.676. The zero-order valence-electron chi connectivity index (χ0n) is 10.3. The van der Waals surface area contributed by atoms with Crippen LogP contribution in [0.5, 0.6) is 0 Å². The van der Waals surface area contributed by atoms with Crippen molar-refractivity contribution in [1.29, 1.82) is 0 Å². The lowest BCUT2D eigenvalue weighted by molar-refractivity contribution is 0.594. The highest BCUT2D eigenvalue weighted by atomic mass is 79.9. The summed E-state index contributed by atoms with van der Waals surface area (Å²) in [6.07, 6.45) is 0.297. The van der Waals surface area contributed by atoms with E-state index in [0.717, 1.165) is 5.56 Å². The molecule has 0 radical (unpaired) electrons. The highest BCUT2D eigenvalue weighted by Gasteiger charge is 2.17. The van der Waals surface area contributed by atoms with Crippen LogP contribution < -0.4 is 0 Å². The molecule has 4 heteroatoms. The van der Waals surface area contributed by atoms with Crippen molar-refractivity contribution >= 4 is 27.5 Å². The van der Waals surface area contributed by atoms with E-state index in [1.54, 1.807) is 24.3 Å². The van der Waals surface area contributed by atoms with Gasteiger partial charge >= 0.3 is 0 Å². The maximum Gasteiger partial charge on any atom is 0.127 e. The van der Waals surface area contributed by atoms with Crippen LogP contribution >= 0.6 is 27.5 Å². The molecule has 0 saturated heterocycles. The van der Waals surface area contributed by atoms with E-state index >= 15 is 0 Å². The Kier molecular flexibility index (Phi) is 4.58. The van der Waals surface area contributed by atoms with Gasteiger partial charge in [0.25, 0.3) is 0 Å². The molecule has 0 heterocycles. The van der Waals surface area contributed by atoms with Gasteiger partial charge in [0, 0.05) is 21.0 Å². The Bertz CT molecular complexity index is 578. The van der Waals surface area contributed by atoms with E-state index in [1.807, 2.05) is 6.92 Å². The van der Waals surface area contributed by atoms with Crippen LogP contribution in [0.4, 0.5) is 8.78 Å². The number of hydrogen-bond acceptors (Lipinski definition) is 0. The number of rotatable bonds is 3. The summed E-state index contributed by atoms with van der Waals surface area (Å²) in [6, 6.07) is 9.41. The summed E-state index contributed by atoms with van der Waals surface area (Å²) in [5, 5.41) is 0.359. The Balaban J connectivity index is 2.31. The molecule has 1 atom stereocenters. The van der Waals surface area contributed by atoms with Gasteiger partial charge in [-0.25, -0.2) is 8.78 Å². The van der Waals surface area contributed by atoms with Crippen LogP contribution in [0.3, 0.4) is 0 Å². The molecule has 0 aromatic heterocycles. The number of halogens is 4. The normalized spacial score (nSPS) is 12.5. The second-order valence-electron chi connectivity index (χ2n) is 4.40. The van der Waals surface area contributed by atoms with E-state index < -0.39 is 0 Å². The van der Waals surface area contributed by atoms with E-state index in [1.165, 1.54) is 12.1 Å². The molecule has 2 aromatic rings. The third-order valence-corrected chi connectivity index (χ3v) is 4.11. The lowest BCUT2D eigenvalue weighted by Crippen LogP contribution is -2.02. The van der Waals surface area contributed by atoms with Crippen molar-refractivity contribution in [2.24, 2.45) is 0 Å². The maximum atomic E-state index is 13.8. The first-order valence-corrected chi connectivity index (χ1v) is 7.11. The number of benzene rings is 2. The average molecular weight is 346 g/mol. The molecular weight excluding hydrogens is 334 g/mol. The zero-order valence-corrected chi connectivity index (χ0v) is 12.6. The predicted octanol–water partition coefficient (Wildman–Crippen LogP) is 5.61. The monoisotopic (exact) mass is 344 g/mol. The van der Waals surface area contributed by atoms with Crippen molar-refractivity contribution in [1.82, 2.24) is 0 Å². The quantitative estimate of drug-likeness (QED) is 0.635. The maximum absolute atomic E-state index is 13.8. The first-order valence-electron chi connectivity index (χ1n) is 5.82. The van der Waals surface area contributed by atoms with Gasteiger partial charge in [-0.3, -0.25) is 0 Å². The smallest absolute Gasteiger partial charge is 0.127 e. The number of alkyl halides is 1. The van der Waals surface area contributed by atoms with Crippen LogP contribution in [0.15, 0.2) is 36.4 Å². The van der Waals surface area contributed by atoms with E-state index in [9.17, 15) is 8.78 Å². The second-order valence-corrected chi connectivity index (χ2v) is 5.91. The fraction of sp³-hybridized carbons (Fsp3) is 0.200. The first kappa shape index (κ1) is 14.5. The van der Waals surface area contributed by atoms with Crippen molar-refractivity contribution in [2.45, 2.75) is 18.2 Å². The molecule has 0 nitrogen and oxygen atoms in total. The molecule has 100 valence electrons. The molecular formula is C15H12BrClF2. The van der Waals surface area contributed by atoms with Gasteiger partial charge in [-0.2, -0.15) is 0 Å². The minimum atomic E-state index is -0.370. The molecule has 2 aromatic carbocycles. The molecule has 1 unspecified atom stereocenters. The van der Waals surface area contributed by atoms with Gasteiger partial charge in [0.15, 0.2) is 0 Å². The van der Waals surface area contributed by atoms with Crippen LogP contribution in [0.25, 0.3) is 0 Å². The molecule has 0 fully saturated rings. The molecule has 19 heavy (non-hydrogen) atoms. The lowest BCUT2D eigenvalue weighted by atomic mass is 10.0. The third-order valence-electron chi connectivity index (χ3n) is 2.93. The highest BCUT2D eigenvalue weighted by Crippen LogP contribution is 2.32. The van der Waals surface area contributed by atoms with Gasteiger partial charge in [0.05, 0.1) is 0 Å². The molecule has 0 aliphatic carbocycles. The standard InChI is InChI=1S/C15H12BrClF2/c1-9-5-6-15(19)10(7-9)12(16)8-11-13(17)3-2-4-14(11)18/h2-7,12H,8H2,1H3. The Morgan fingerprint density at radius 1 is 1.16 bits per heavy atom. The second kappa shape index (κ2) is 6.02. The summed E-state index contributed by atoms with van der Waals surface area (Å²) < 4.78 is 27.5. The van der Waals surface area contributed by atoms with Crippen molar-refractivity contribution < 1.29 is 8.78 Å². The van der Waals surface area contributed by atoms with Gasteiger partial charge in [-0.1, -0.05) is 51.3 Å². The summed E-state index contributed by atoms with van der Waals surface area (Å²) in [6.45, 7) is 1.89. The van der Waals surface area contributed by atoms with Crippen LogP contribution in [-0.2, 0) is 6.42 Å². The minimum absolute atomic E-state index is 0.297. The van der Waals surface area contributed by atoms with Crippen LogP contribution in [0.2, 0.25) is 5.02 Å². The molecule has 0 amide bonds.